The van der Waals surface area contributed by atoms with Crippen LogP contribution in [-0.2, 0) is 14.1 Å². The highest BCUT2D eigenvalue weighted by molar-refractivity contribution is 5.95. The van der Waals surface area contributed by atoms with E-state index < -0.39 is 0 Å². The Morgan fingerprint density at radius 2 is 1.71 bits per heavy atom. The molecule has 0 radical (unpaired) electrons. The van der Waals surface area contributed by atoms with Gasteiger partial charge in [0.1, 0.15) is 17.0 Å². The molecule has 0 aliphatic heterocycles. The van der Waals surface area contributed by atoms with Gasteiger partial charge in [0, 0.05) is 55.1 Å². The fraction of sp³-hybridized carbons (Fsp3) is 0.143. The third kappa shape index (κ3) is 2.96. The normalized spacial score (nSPS) is 11.0. The first-order valence-corrected chi connectivity index (χ1v) is 8.67. The minimum atomic E-state index is -0.175. The number of pyridine rings is 2. The lowest BCUT2D eigenvalue weighted by Crippen LogP contribution is -2.18. The van der Waals surface area contributed by atoms with Crippen molar-refractivity contribution in [2.75, 3.05) is 7.11 Å². The number of aromatic nitrogens is 3. The van der Waals surface area contributed by atoms with Crippen molar-refractivity contribution in [3.05, 3.63) is 75.7 Å². The average Bonchev–Trinajstić information content (AvgIpc) is 3.18. The molecule has 0 bridgehead atoms. The highest BCUT2D eigenvalue weighted by Gasteiger charge is 2.16. The zero-order valence-corrected chi connectivity index (χ0v) is 15.7. The van der Waals surface area contributed by atoms with E-state index in [9.17, 15) is 9.59 Å². The van der Waals surface area contributed by atoms with Gasteiger partial charge < -0.3 is 23.6 Å². The average molecular weight is 377 g/mol. The number of rotatable bonds is 4. The number of H-pyrrole nitrogens is 1. The second kappa shape index (κ2) is 6.77. The van der Waals surface area contributed by atoms with Crippen LogP contribution in [0.2, 0.25) is 0 Å². The van der Waals surface area contributed by atoms with E-state index in [0.717, 1.165) is 10.9 Å². The summed E-state index contributed by atoms with van der Waals surface area (Å²) in [6.45, 7) is 0. The molecule has 3 aromatic heterocycles. The van der Waals surface area contributed by atoms with Crippen molar-refractivity contribution in [2.24, 2.45) is 14.1 Å². The van der Waals surface area contributed by atoms with Gasteiger partial charge in [-0.2, -0.15) is 0 Å². The molecule has 0 aliphatic rings. The summed E-state index contributed by atoms with van der Waals surface area (Å²) in [4.78, 5) is 27.7. The molecule has 0 amide bonds. The molecule has 0 fully saturated rings. The van der Waals surface area contributed by atoms with Crippen LogP contribution in [0.25, 0.3) is 22.0 Å². The molecule has 3 heterocycles. The summed E-state index contributed by atoms with van der Waals surface area (Å²) in [5.41, 5.74) is 1.50. The van der Waals surface area contributed by atoms with Crippen molar-refractivity contribution in [3.8, 4) is 28.4 Å². The number of ether oxygens (including phenoxy) is 2. The van der Waals surface area contributed by atoms with Gasteiger partial charge in [-0.15, -0.1) is 0 Å². The molecule has 0 spiro atoms. The van der Waals surface area contributed by atoms with E-state index in [4.69, 9.17) is 9.47 Å². The van der Waals surface area contributed by atoms with E-state index in [-0.39, 0.29) is 11.1 Å². The second-order valence-electron chi connectivity index (χ2n) is 6.51. The van der Waals surface area contributed by atoms with Crippen LogP contribution < -0.4 is 20.6 Å². The second-order valence-corrected chi connectivity index (χ2v) is 6.51. The number of nitrogens with one attached hydrogen (secondary N) is 1. The first-order chi connectivity index (χ1) is 13.5. The Morgan fingerprint density at radius 3 is 2.50 bits per heavy atom. The van der Waals surface area contributed by atoms with Gasteiger partial charge in [0.25, 0.3) is 11.1 Å². The maximum atomic E-state index is 12.4. The van der Waals surface area contributed by atoms with Gasteiger partial charge in [0.05, 0.1) is 13.3 Å². The number of aryl methyl sites for hydroxylation is 2. The van der Waals surface area contributed by atoms with Crippen LogP contribution in [0.5, 0.6) is 17.2 Å². The van der Waals surface area contributed by atoms with Gasteiger partial charge in [-0.25, -0.2) is 0 Å². The molecule has 7 heteroatoms. The van der Waals surface area contributed by atoms with Gasteiger partial charge >= 0.3 is 0 Å². The summed E-state index contributed by atoms with van der Waals surface area (Å²) in [6, 6.07) is 10.6. The fourth-order valence-electron chi connectivity index (χ4n) is 3.17. The first kappa shape index (κ1) is 17.7. The zero-order valence-electron chi connectivity index (χ0n) is 15.7. The number of nitrogens with zero attached hydrogens (tertiary/aromatic N) is 2. The van der Waals surface area contributed by atoms with E-state index in [2.05, 4.69) is 4.98 Å². The van der Waals surface area contributed by atoms with Gasteiger partial charge in [-0.3, -0.25) is 9.59 Å². The number of methoxy groups -OCH3 is 1. The van der Waals surface area contributed by atoms with E-state index in [1.54, 1.807) is 45.9 Å². The zero-order chi connectivity index (χ0) is 19.8. The number of benzene rings is 1. The highest BCUT2D eigenvalue weighted by atomic mass is 16.5. The van der Waals surface area contributed by atoms with E-state index in [1.807, 2.05) is 24.3 Å². The topological polar surface area (TPSA) is 78.2 Å². The Kier molecular flexibility index (Phi) is 4.27. The van der Waals surface area contributed by atoms with Crippen molar-refractivity contribution in [1.82, 2.24) is 14.1 Å². The highest BCUT2D eigenvalue weighted by Crippen LogP contribution is 2.35. The van der Waals surface area contributed by atoms with Crippen LogP contribution in [0, 0.1) is 0 Å². The Bertz CT molecular complexity index is 1300. The molecule has 4 aromatic rings. The van der Waals surface area contributed by atoms with Gasteiger partial charge in [-0.05, 0) is 18.2 Å². The van der Waals surface area contributed by atoms with Gasteiger partial charge in [-0.1, -0.05) is 6.07 Å². The van der Waals surface area contributed by atoms with Crippen LogP contribution in [0.15, 0.2) is 64.6 Å². The molecule has 7 nitrogen and oxygen atoms in total. The molecule has 0 aliphatic carbocycles. The predicted molar refractivity (Wildman–Crippen MR) is 107 cm³/mol. The summed E-state index contributed by atoms with van der Waals surface area (Å²) in [6.07, 6.45) is 5.06. The monoisotopic (exact) mass is 377 g/mol. The summed E-state index contributed by atoms with van der Waals surface area (Å²) in [5, 5.41) is 0.729. The number of hydrogen-bond donors (Lipinski definition) is 1. The third-order valence-corrected chi connectivity index (χ3v) is 4.65. The predicted octanol–water partition coefficient (Wildman–Crippen LogP) is 3.03. The number of fused-ring (bicyclic) bond motifs is 1. The van der Waals surface area contributed by atoms with Gasteiger partial charge in [0.15, 0.2) is 5.75 Å². The molecule has 0 atom stereocenters. The van der Waals surface area contributed by atoms with Crippen molar-refractivity contribution in [1.29, 1.82) is 0 Å². The fourth-order valence-corrected chi connectivity index (χ4v) is 3.17. The maximum Gasteiger partial charge on any atom is 0.274 e. The molecule has 4 rings (SSSR count). The molecule has 28 heavy (non-hydrogen) atoms. The van der Waals surface area contributed by atoms with Crippen LogP contribution in [0.3, 0.4) is 0 Å². The quantitative estimate of drug-likeness (QED) is 0.593. The van der Waals surface area contributed by atoms with E-state index in [0.29, 0.717) is 28.3 Å². The Morgan fingerprint density at radius 1 is 0.929 bits per heavy atom. The van der Waals surface area contributed by atoms with Crippen molar-refractivity contribution in [3.63, 3.8) is 0 Å². The minimum Gasteiger partial charge on any atom is -0.497 e. The van der Waals surface area contributed by atoms with Gasteiger partial charge in [0.2, 0.25) is 0 Å². The minimum absolute atomic E-state index is 0.136. The number of hydrogen-bond acceptors (Lipinski definition) is 4. The van der Waals surface area contributed by atoms with Crippen LogP contribution >= 0.6 is 0 Å². The number of aromatic amines is 1. The first-order valence-electron chi connectivity index (χ1n) is 8.67. The molecule has 0 saturated heterocycles. The molecule has 1 N–H and O–H groups in total. The van der Waals surface area contributed by atoms with Crippen molar-refractivity contribution >= 4 is 10.9 Å². The summed E-state index contributed by atoms with van der Waals surface area (Å²) >= 11 is 0. The van der Waals surface area contributed by atoms with Crippen LogP contribution in [0.4, 0.5) is 0 Å². The molecular weight excluding hydrogens is 358 g/mol. The van der Waals surface area contributed by atoms with Crippen molar-refractivity contribution in [2.45, 2.75) is 0 Å². The molecule has 1 aromatic carbocycles. The van der Waals surface area contributed by atoms with E-state index in [1.165, 1.54) is 15.2 Å². The Hall–Kier alpha value is -3.74. The molecular formula is C21H19N3O4. The molecule has 0 unspecified atom stereocenters. The van der Waals surface area contributed by atoms with E-state index >= 15 is 0 Å². The third-order valence-electron chi connectivity index (χ3n) is 4.65. The smallest absolute Gasteiger partial charge is 0.274 e. The maximum absolute atomic E-state index is 12.4. The van der Waals surface area contributed by atoms with Crippen molar-refractivity contribution < 1.29 is 9.47 Å². The Labute approximate surface area is 160 Å². The summed E-state index contributed by atoms with van der Waals surface area (Å²) in [7, 11) is 4.93. The van der Waals surface area contributed by atoms with Crippen LogP contribution in [0.1, 0.15) is 0 Å². The SMILES string of the molecule is COc1cccc(Oc2cn(C)c(=O)cc2-c2cn(C)c(=O)c3[nH]ccc23)c1. The summed E-state index contributed by atoms with van der Waals surface area (Å²) < 4.78 is 14.3. The lowest BCUT2D eigenvalue weighted by atomic mass is 10.0. The Balaban J connectivity index is 1.94. The standard InChI is InChI=1S/C21H19N3O4/c1-23-12-18(28-14-6-4-5-13(9-14)27-3)16(10-19(23)25)17-11-24(2)21(26)20-15(17)7-8-22-20/h4-12,22H,1-3H3. The lowest BCUT2D eigenvalue weighted by Gasteiger charge is -2.14. The largest absolute Gasteiger partial charge is 0.497 e. The summed E-state index contributed by atoms with van der Waals surface area (Å²) in [5.74, 6) is 1.74. The molecule has 0 saturated carbocycles. The molecule has 142 valence electrons. The lowest BCUT2D eigenvalue weighted by molar-refractivity contribution is 0.409. The van der Waals surface area contributed by atoms with Crippen LogP contribution in [-0.4, -0.2) is 21.2 Å².